The predicted molar refractivity (Wildman–Crippen MR) is 83.4 cm³/mol. The molecular formula is C16H23NO3S. The zero-order chi connectivity index (χ0) is 15.0. The van der Waals surface area contributed by atoms with E-state index >= 15 is 0 Å². The summed E-state index contributed by atoms with van der Waals surface area (Å²) in [6.45, 7) is 4.98. The quantitative estimate of drug-likeness (QED) is 0.925. The minimum Gasteiger partial charge on any atom is -0.490 e. The summed E-state index contributed by atoms with van der Waals surface area (Å²) >= 11 is 0. The fourth-order valence-corrected chi connectivity index (χ4v) is 5.34. The van der Waals surface area contributed by atoms with Crippen LogP contribution in [0.3, 0.4) is 0 Å². The van der Waals surface area contributed by atoms with E-state index in [1.165, 1.54) is 11.1 Å². The van der Waals surface area contributed by atoms with E-state index in [1.54, 1.807) is 0 Å². The van der Waals surface area contributed by atoms with Crippen molar-refractivity contribution in [1.82, 2.24) is 5.32 Å². The van der Waals surface area contributed by atoms with Gasteiger partial charge in [-0.25, -0.2) is 8.42 Å². The molecule has 1 aromatic carbocycles. The molecule has 0 aliphatic carbocycles. The number of hydrogen-bond acceptors (Lipinski definition) is 4. The first-order chi connectivity index (χ1) is 9.98. The third kappa shape index (κ3) is 3.09. The van der Waals surface area contributed by atoms with Gasteiger partial charge in [-0.05, 0) is 43.0 Å². The van der Waals surface area contributed by atoms with Crippen LogP contribution in [-0.4, -0.2) is 32.6 Å². The highest BCUT2D eigenvalue weighted by Gasteiger charge is 2.34. The molecule has 3 unspecified atom stereocenters. The van der Waals surface area contributed by atoms with E-state index in [1.807, 2.05) is 6.07 Å². The molecule has 2 heterocycles. The van der Waals surface area contributed by atoms with E-state index in [-0.39, 0.29) is 18.1 Å². The number of sulfone groups is 1. The van der Waals surface area contributed by atoms with Crippen molar-refractivity contribution >= 4 is 9.84 Å². The van der Waals surface area contributed by atoms with Gasteiger partial charge in [0.2, 0.25) is 0 Å². The zero-order valence-electron chi connectivity index (χ0n) is 12.6. The van der Waals surface area contributed by atoms with E-state index in [2.05, 4.69) is 31.3 Å². The molecular weight excluding hydrogens is 286 g/mol. The first-order valence-electron chi connectivity index (χ1n) is 7.72. The van der Waals surface area contributed by atoms with Crippen LogP contribution in [0, 0.1) is 5.92 Å². The number of nitrogens with one attached hydrogen (secondary N) is 1. The molecule has 21 heavy (non-hydrogen) atoms. The van der Waals surface area contributed by atoms with Crippen LogP contribution in [0.1, 0.15) is 37.4 Å². The second-order valence-corrected chi connectivity index (χ2v) is 8.43. The molecule has 2 aliphatic heterocycles. The van der Waals surface area contributed by atoms with Crippen LogP contribution in [0.25, 0.3) is 0 Å². The van der Waals surface area contributed by atoms with Gasteiger partial charge >= 0.3 is 0 Å². The van der Waals surface area contributed by atoms with E-state index in [9.17, 15) is 8.42 Å². The monoisotopic (exact) mass is 309 g/mol. The van der Waals surface area contributed by atoms with Crippen molar-refractivity contribution in [2.24, 2.45) is 5.92 Å². The molecule has 0 spiro atoms. The molecule has 1 saturated heterocycles. The molecule has 0 amide bonds. The van der Waals surface area contributed by atoms with Crippen LogP contribution in [0.15, 0.2) is 18.2 Å². The molecule has 116 valence electrons. The molecule has 5 heteroatoms. The van der Waals surface area contributed by atoms with Crippen LogP contribution in [-0.2, 0) is 16.3 Å². The highest BCUT2D eigenvalue weighted by molar-refractivity contribution is 7.91. The Hall–Kier alpha value is -1.07. The van der Waals surface area contributed by atoms with Gasteiger partial charge in [-0.1, -0.05) is 19.1 Å². The summed E-state index contributed by atoms with van der Waals surface area (Å²) in [6, 6.07) is 6.42. The molecule has 3 rings (SSSR count). The molecule has 0 bridgehead atoms. The minimum atomic E-state index is -2.85. The summed E-state index contributed by atoms with van der Waals surface area (Å²) in [4.78, 5) is 0. The van der Waals surface area contributed by atoms with Crippen molar-refractivity contribution in [2.45, 2.75) is 38.8 Å². The van der Waals surface area contributed by atoms with Crippen molar-refractivity contribution in [3.63, 3.8) is 0 Å². The fourth-order valence-electron chi connectivity index (χ4n) is 3.50. The third-order valence-corrected chi connectivity index (χ3v) is 6.24. The van der Waals surface area contributed by atoms with Gasteiger partial charge in [-0.15, -0.1) is 0 Å². The van der Waals surface area contributed by atoms with Crippen LogP contribution in [0.2, 0.25) is 0 Å². The van der Waals surface area contributed by atoms with Gasteiger partial charge in [0.15, 0.2) is 9.84 Å². The van der Waals surface area contributed by atoms with Crippen molar-refractivity contribution in [1.29, 1.82) is 0 Å². The van der Waals surface area contributed by atoms with Gasteiger partial charge in [0.25, 0.3) is 0 Å². The Morgan fingerprint density at radius 2 is 2.24 bits per heavy atom. The summed E-state index contributed by atoms with van der Waals surface area (Å²) in [5.41, 5.74) is 2.43. The van der Waals surface area contributed by atoms with Crippen molar-refractivity contribution in [3.05, 3.63) is 29.3 Å². The third-order valence-electron chi connectivity index (χ3n) is 4.44. The molecule has 2 aliphatic rings. The van der Waals surface area contributed by atoms with Gasteiger partial charge in [0.1, 0.15) is 11.9 Å². The maximum Gasteiger partial charge on any atom is 0.150 e. The van der Waals surface area contributed by atoms with E-state index in [4.69, 9.17) is 4.74 Å². The lowest BCUT2D eigenvalue weighted by Gasteiger charge is -2.24. The van der Waals surface area contributed by atoms with Crippen molar-refractivity contribution in [2.75, 3.05) is 18.1 Å². The lowest BCUT2D eigenvalue weighted by atomic mass is 9.91. The van der Waals surface area contributed by atoms with Crippen molar-refractivity contribution in [3.8, 4) is 5.75 Å². The van der Waals surface area contributed by atoms with Crippen LogP contribution < -0.4 is 10.1 Å². The average molecular weight is 309 g/mol. The summed E-state index contributed by atoms with van der Waals surface area (Å²) < 4.78 is 29.3. The molecule has 1 N–H and O–H groups in total. The molecule has 0 radical (unpaired) electrons. The standard InChI is InChI=1S/C16H23NO3S/c1-3-17-16(13-6-7-21(18,19)10-13)12-4-5-15-14(9-12)8-11(2)20-15/h4-5,9,11,13,16-17H,3,6-8,10H2,1-2H3. The zero-order valence-corrected chi connectivity index (χ0v) is 13.4. The van der Waals surface area contributed by atoms with E-state index < -0.39 is 9.84 Å². The van der Waals surface area contributed by atoms with E-state index in [0.717, 1.165) is 25.1 Å². The van der Waals surface area contributed by atoms with E-state index in [0.29, 0.717) is 11.5 Å². The van der Waals surface area contributed by atoms with Gasteiger partial charge in [0.05, 0.1) is 11.5 Å². The Balaban J connectivity index is 1.86. The maximum atomic E-state index is 11.8. The SMILES string of the molecule is CCNC(c1ccc2c(c1)CC(C)O2)C1CCS(=O)(=O)C1. The van der Waals surface area contributed by atoms with Gasteiger partial charge in [-0.3, -0.25) is 0 Å². The van der Waals surface area contributed by atoms with Gasteiger partial charge in [-0.2, -0.15) is 0 Å². The Labute approximate surface area is 126 Å². The Morgan fingerprint density at radius 3 is 2.90 bits per heavy atom. The second kappa shape index (κ2) is 5.61. The maximum absolute atomic E-state index is 11.8. The topological polar surface area (TPSA) is 55.4 Å². The molecule has 3 atom stereocenters. The number of hydrogen-bond donors (Lipinski definition) is 1. The van der Waals surface area contributed by atoms with Gasteiger partial charge < -0.3 is 10.1 Å². The molecule has 0 aromatic heterocycles. The summed E-state index contributed by atoms with van der Waals surface area (Å²) in [7, 11) is -2.85. The Kier molecular flexibility index (Phi) is 3.97. The number of ether oxygens (including phenoxy) is 1. The van der Waals surface area contributed by atoms with Crippen molar-refractivity contribution < 1.29 is 13.2 Å². The number of benzene rings is 1. The molecule has 1 fully saturated rings. The highest BCUT2D eigenvalue weighted by Crippen LogP contribution is 2.36. The Bertz CT molecular complexity index is 626. The summed E-state index contributed by atoms with van der Waals surface area (Å²) in [6.07, 6.45) is 1.93. The number of fused-ring (bicyclic) bond motifs is 1. The lowest BCUT2D eigenvalue weighted by Crippen LogP contribution is -2.29. The smallest absolute Gasteiger partial charge is 0.150 e. The summed E-state index contributed by atoms with van der Waals surface area (Å²) in [5, 5.41) is 3.48. The minimum absolute atomic E-state index is 0.119. The van der Waals surface area contributed by atoms with Crippen LogP contribution >= 0.6 is 0 Å². The normalized spacial score (nSPS) is 28.1. The van der Waals surface area contributed by atoms with Gasteiger partial charge in [0, 0.05) is 12.5 Å². The summed E-state index contributed by atoms with van der Waals surface area (Å²) in [5.74, 6) is 1.77. The largest absolute Gasteiger partial charge is 0.490 e. The molecule has 1 aromatic rings. The molecule has 0 saturated carbocycles. The highest BCUT2D eigenvalue weighted by atomic mass is 32.2. The van der Waals surface area contributed by atoms with Crippen LogP contribution in [0.4, 0.5) is 0 Å². The fraction of sp³-hybridized carbons (Fsp3) is 0.625. The lowest BCUT2D eigenvalue weighted by molar-refractivity contribution is 0.254. The first-order valence-corrected chi connectivity index (χ1v) is 9.54. The molecule has 4 nitrogen and oxygen atoms in total. The predicted octanol–water partition coefficient (Wildman–Crippen LogP) is 2.10. The Morgan fingerprint density at radius 1 is 1.43 bits per heavy atom. The second-order valence-electron chi connectivity index (χ2n) is 6.20. The van der Waals surface area contributed by atoms with Crippen LogP contribution in [0.5, 0.6) is 5.75 Å². The number of rotatable bonds is 4. The first kappa shape index (κ1) is 14.9. The average Bonchev–Trinajstić information content (AvgIpc) is 2.96.